The van der Waals surface area contributed by atoms with Gasteiger partial charge < -0.3 is 19.7 Å². The fraction of sp³-hybridized carbons (Fsp3) is 0.522. The van der Waals surface area contributed by atoms with Gasteiger partial charge in [0.2, 0.25) is 5.95 Å². The quantitative estimate of drug-likeness (QED) is 0.564. The van der Waals surface area contributed by atoms with Crippen molar-refractivity contribution in [1.82, 2.24) is 24.4 Å². The zero-order valence-electron chi connectivity index (χ0n) is 18.8. The lowest BCUT2D eigenvalue weighted by molar-refractivity contribution is -0.0136. The number of ether oxygens (including phenoxy) is 1. The third-order valence-electron chi connectivity index (χ3n) is 6.31. The molecule has 8 nitrogen and oxygen atoms in total. The maximum Gasteiger partial charge on any atom is 0.223 e. The van der Waals surface area contributed by atoms with Gasteiger partial charge in [0.15, 0.2) is 5.82 Å². The van der Waals surface area contributed by atoms with Crippen LogP contribution in [0.25, 0.3) is 22.3 Å². The smallest absolute Gasteiger partial charge is 0.223 e. The summed E-state index contributed by atoms with van der Waals surface area (Å²) in [5.74, 6) is 0.785. The number of hydrogen-bond donors (Lipinski definition) is 2. The average molecular weight is 475 g/mol. The van der Waals surface area contributed by atoms with E-state index in [0.29, 0.717) is 47.3 Å². The second kappa shape index (κ2) is 9.13. The number of imidazole rings is 1. The molecule has 3 aromatic rings. The van der Waals surface area contributed by atoms with Crippen molar-refractivity contribution >= 4 is 28.6 Å². The van der Waals surface area contributed by atoms with E-state index in [1.54, 1.807) is 0 Å². The zero-order chi connectivity index (χ0) is 23.1. The summed E-state index contributed by atoms with van der Waals surface area (Å²) in [5, 5.41) is 13.6. The number of likely N-dealkylation sites (tertiary alicyclic amines) is 1. The molecular weight excluding hydrogens is 447 g/mol. The van der Waals surface area contributed by atoms with Gasteiger partial charge >= 0.3 is 0 Å². The first-order chi connectivity index (χ1) is 15.9. The van der Waals surface area contributed by atoms with E-state index in [0.717, 1.165) is 24.4 Å². The molecule has 0 aliphatic carbocycles. The molecule has 4 heterocycles. The first kappa shape index (κ1) is 22.5. The Morgan fingerprint density at radius 3 is 2.82 bits per heavy atom. The number of halogens is 2. The highest BCUT2D eigenvalue weighted by Crippen LogP contribution is 2.33. The Morgan fingerprint density at radius 1 is 1.30 bits per heavy atom. The highest BCUT2D eigenvalue weighted by Gasteiger charge is 2.25. The number of aliphatic hydroxyl groups is 1. The van der Waals surface area contributed by atoms with Crippen LogP contribution in [-0.2, 0) is 11.3 Å². The van der Waals surface area contributed by atoms with Gasteiger partial charge in [0.25, 0.3) is 0 Å². The number of hydrogen-bond acceptors (Lipinski definition) is 7. The minimum absolute atomic E-state index is 0.119. The van der Waals surface area contributed by atoms with Crippen molar-refractivity contribution in [2.45, 2.75) is 51.4 Å². The molecule has 2 aromatic heterocycles. The molecule has 1 aromatic carbocycles. The van der Waals surface area contributed by atoms with Crippen LogP contribution in [0.4, 0.5) is 10.3 Å². The van der Waals surface area contributed by atoms with E-state index in [4.69, 9.17) is 16.3 Å². The average Bonchev–Trinajstić information content (AvgIpc) is 3.13. The van der Waals surface area contributed by atoms with E-state index in [1.807, 2.05) is 6.07 Å². The molecule has 2 saturated heterocycles. The summed E-state index contributed by atoms with van der Waals surface area (Å²) in [4.78, 5) is 15.8. The van der Waals surface area contributed by atoms with Crippen LogP contribution in [-0.4, -0.2) is 68.0 Å². The number of nitrogens with zero attached hydrogens (tertiary/aromatic N) is 5. The van der Waals surface area contributed by atoms with Gasteiger partial charge in [-0.25, -0.2) is 19.3 Å². The molecule has 0 radical (unpaired) electrons. The highest BCUT2D eigenvalue weighted by atomic mass is 35.5. The van der Waals surface area contributed by atoms with E-state index < -0.39 is 11.9 Å². The maximum atomic E-state index is 15.2. The Bertz CT molecular complexity index is 1170. The van der Waals surface area contributed by atoms with Gasteiger partial charge in [0, 0.05) is 18.2 Å². The Labute approximate surface area is 196 Å². The maximum absolute atomic E-state index is 15.2. The van der Waals surface area contributed by atoms with Crippen LogP contribution in [0.2, 0.25) is 5.02 Å². The lowest BCUT2D eigenvalue weighted by Crippen LogP contribution is -2.42. The normalized spacial score (nSPS) is 21.5. The number of nitrogens with one attached hydrogen (secondary N) is 1. The summed E-state index contributed by atoms with van der Waals surface area (Å²) in [5.41, 5.74) is 2.06. The van der Waals surface area contributed by atoms with E-state index in [1.165, 1.54) is 18.7 Å². The highest BCUT2D eigenvalue weighted by molar-refractivity contribution is 6.33. The zero-order valence-corrected chi connectivity index (χ0v) is 19.5. The number of anilines is 1. The first-order valence-electron chi connectivity index (χ1n) is 11.4. The van der Waals surface area contributed by atoms with Crippen molar-refractivity contribution in [3.05, 3.63) is 35.0 Å². The van der Waals surface area contributed by atoms with Crippen molar-refractivity contribution in [2.75, 3.05) is 31.6 Å². The molecule has 0 amide bonds. The van der Waals surface area contributed by atoms with Crippen LogP contribution in [0.5, 0.6) is 0 Å². The second-order valence-electron chi connectivity index (χ2n) is 9.02. The van der Waals surface area contributed by atoms with E-state index in [-0.39, 0.29) is 18.7 Å². The molecular formula is C23H28ClFN6O2. The molecule has 10 heteroatoms. The molecule has 0 bridgehead atoms. The molecule has 2 fully saturated rings. The van der Waals surface area contributed by atoms with Crippen molar-refractivity contribution in [3.8, 4) is 11.3 Å². The topological polar surface area (TPSA) is 88.3 Å². The lowest BCUT2D eigenvalue weighted by Gasteiger charge is -2.30. The van der Waals surface area contributed by atoms with E-state index in [2.05, 4.69) is 43.6 Å². The minimum Gasteiger partial charge on any atom is -0.389 e. The molecule has 2 atom stereocenters. The van der Waals surface area contributed by atoms with Crippen molar-refractivity contribution in [1.29, 1.82) is 0 Å². The molecule has 2 aliphatic heterocycles. The molecule has 33 heavy (non-hydrogen) atoms. The first-order valence-corrected chi connectivity index (χ1v) is 11.8. The number of rotatable bonds is 6. The summed E-state index contributed by atoms with van der Waals surface area (Å²) in [6.45, 7) is 7.76. The molecule has 0 saturated carbocycles. The van der Waals surface area contributed by atoms with Gasteiger partial charge in [-0.2, -0.15) is 0 Å². The standard InChI is InChI=1S/C23H28ClFN6O2/c1-13(2)31-18-9-14(8-16(25)22(18)28-20(31)11-30-5-3-6-30)21-15(24)10-26-23(29-21)27-17-4-7-33-12-19(17)32/h8-10,13,17,19,32H,3-7,11-12H2,1-2H3,(H,26,27,29)/t17-,19-/m1/s1. The molecule has 2 aliphatic rings. The van der Waals surface area contributed by atoms with Crippen LogP contribution < -0.4 is 5.32 Å². The summed E-state index contributed by atoms with van der Waals surface area (Å²) < 4.78 is 22.6. The molecule has 0 unspecified atom stereocenters. The number of benzene rings is 1. The molecule has 0 spiro atoms. The molecule has 2 N–H and O–H groups in total. The third-order valence-corrected chi connectivity index (χ3v) is 6.59. The van der Waals surface area contributed by atoms with Crippen molar-refractivity contribution in [2.24, 2.45) is 0 Å². The second-order valence-corrected chi connectivity index (χ2v) is 9.43. The van der Waals surface area contributed by atoms with E-state index >= 15 is 4.39 Å². The van der Waals surface area contributed by atoms with Gasteiger partial charge in [0.05, 0.1) is 47.7 Å². The minimum atomic E-state index is -0.652. The summed E-state index contributed by atoms with van der Waals surface area (Å²) in [7, 11) is 0. The molecule has 5 rings (SSSR count). The lowest BCUT2D eigenvalue weighted by atomic mass is 10.1. The summed E-state index contributed by atoms with van der Waals surface area (Å²) in [6.07, 6.45) is 2.67. The molecule has 176 valence electrons. The van der Waals surface area contributed by atoms with Crippen LogP contribution in [0.15, 0.2) is 18.3 Å². The predicted molar refractivity (Wildman–Crippen MR) is 125 cm³/mol. The van der Waals surface area contributed by atoms with Gasteiger partial charge in [-0.1, -0.05) is 11.6 Å². The Kier molecular flexibility index (Phi) is 6.22. The van der Waals surface area contributed by atoms with Crippen LogP contribution in [0, 0.1) is 5.82 Å². The SMILES string of the molecule is CC(C)n1c(CN2CCC2)nc2c(F)cc(-c3nc(N[C@@H]4CCOC[C@H]4O)ncc3Cl)cc21. The number of fused-ring (bicyclic) bond motifs is 1. The van der Waals surface area contributed by atoms with Crippen LogP contribution in [0.3, 0.4) is 0 Å². The van der Waals surface area contributed by atoms with Gasteiger partial charge in [-0.05, 0) is 51.9 Å². The van der Waals surface area contributed by atoms with Gasteiger partial charge in [-0.15, -0.1) is 0 Å². The number of aromatic nitrogens is 4. The summed E-state index contributed by atoms with van der Waals surface area (Å²) in [6, 6.07) is 3.22. The Hall–Kier alpha value is -2.33. The third kappa shape index (κ3) is 4.42. The van der Waals surface area contributed by atoms with Gasteiger partial charge in [-0.3, -0.25) is 4.90 Å². The van der Waals surface area contributed by atoms with Crippen LogP contribution >= 0.6 is 11.6 Å². The van der Waals surface area contributed by atoms with Crippen molar-refractivity contribution < 1.29 is 14.2 Å². The summed E-state index contributed by atoms with van der Waals surface area (Å²) >= 11 is 6.43. The Morgan fingerprint density at radius 2 is 2.12 bits per heavy atom. The fourth-order valence-electron chi connectivity index (χ4n) is 4.46. The van der Waals surface area contributed by atoms with Gasteiger partial charge in [0.1, 0.15) is 11.3 Å². The predicted octanol–water partition coefficient (Wildman–Crippen LogP) is 3.63. The largest absolute Gasteiger partial charge is 0.389 e. The van der Waals surface area contributed by atoms with E-state index in [9.17, 15) is 5.11 Å². The van der Waals surface area contributed by atoms with Crippen molar-refractivity contribution in [3.63, 3.8) is 0 Å². The fourth-order valence-corrected chi connectivity index (χ4v) is 4.66. The Balaban J connectivity index is 1.53. The van der Waals surface area contributed by atoms with Crippen LogP contribution in [0.1, 0.15) is 38.6 Å². The monoisotopic (exact) mass is 474 g/mol. The number of aliphatic hydroxyl groups excluding tert-OH is 1.